The molecule has 0 atom stereocenters. The Labute approximate surface area is 278 Å². The molecule has 0 fully saturated rings. The largest absolute Gasteiger partial charge is 0.309 e. The summed E-state index contributed by atoms with van der Waals surface area (Å²) < 4.78 is 4.86. The minimum Gasteiger partial charge on any atom is -0.309 e. The monoisotopic (exact) mass is 610 g/mol. The minimum atomic E-state index is 1.15. The molecular weight excluding hydrogens is 581 g/mol. The van der Waals surface area contributed by atoms with Crippen LogP contribution in [-0.2, 0) is 0 Å². The molecule has 0 spiro atoms. The Morgan fingerprint density at radius 2 is 0.750 bits per heavy atom. The van der Waals surface area contributed by atoms with Crippen molar-refractivity contribution in [2.24, 2.45) is 0 Å². The zero-order valence-electron chi connectivity index (χ0n) is 26.2. The van der Waals surface area contributed by atoms with Gasteiger partial charge in [0.05, 0.1) is 22.1 Å². The normalized spacial score (nSPS) is 11.8. The Hall–Kier alpha value is -6.38. The number of nitrogens with zero attached hydrogens (tertiary/aromatic N) is 2. The topological polar surface area (TPSA) is 9.86 Å². The third kappa shape index (κ3) is 4.06. The summed E-state index contributed by atoms with van der Waals surface area (Å²) in [7, 11) is 0. The van der Waals surface area contributed by atoms with Crippen molar-refractivity contribution in [1.29, 1.82) is 0 Å². The summed E-state index contributed by atoms with van der Waals surface area (Å²) >= 11 is 0. The highest BCUT2D eigenvalue weighted by Crippen LogP contribution is 2.41. The summed E-state index contributed by atoms with van der Waals surface area (Å²) in [6, 6.07) is 66.2. The first-order chi connectivity index (χ1) is 23.8. The fraction of sp³-hybridized carbons (Fsp3) is 0. The van der Waals surface area contributed by atoms with Gasteiger partial charge in [-0.2, -0.15) is 0 Å². The Kier molecular flexibility index (Phi) is 5.91. The van der Waals surface area contributed by atoms with Crippen LogP contribution in [0, 0.1) is 0 Å². The van der Waals surface area contributed by atoms with Gasteiger partial charge in [0.25, 0.3) is 0 Å². The Bertz CT molecular complexity index is 2800. The molecule has 0 radical (unpaired) electrons. The number of hydrogen-bond donors (Lipinski definition) is 0. The maximum absolute atomic E-state index is 2.43. The molecule has 10 aromatic rings. The van der Waals surface area contributed by atoms with Gasteiger partial charge in [-0.1, -0.05) is 127 Å². The molecule has 48 heavy (non-hydrogen) atoms. The quantitative estimate of drug-likeness (QED) is 0.188. The molecule has 2 heteroatoms. The molecule has 2 nitrogen and oxygen atoms in total. The summed E-state index contributed by atoms with van der Waals surface area (Å²) in [5.74, 6) is 0. The van der Waals surface area contributed by atoms with Gasteiger partial charge in [0.2, 0.25) is 0 Å². The van der Waals surface area contributed by atoms with Crippen LogP contribution in [0.2, 0.25) is 0 Å². The van der Waals surface area contributed by atoms with E-state index in [1.807, 2.05) is 0 Å². The zero-order chi connectivity index (χ0) is 31.6. The highest BCUT2D eigenvalue weighted by atomic mass is 15.0. The SMILES string of the molecule is c1ccc(-c2ccccc2-c2ccc(-n3c4ccccc4c4cc5c6cc7ccccc7cc6n(-c6ccccc6)c5cc43)cc2)cc1. The van der Waals surface area contributed by atoms with Gasteiger partial charge >= 0.3 is 0 Å². The summed E-state index contributed by atoms with van der Waals surface area (Å²) in [6.07, 6.45) is 0. The van der Waals surface area contributed by atoms with Gasteiger partial charge in [0, 0.05) is 32.9 Å². The van der Waals surface area contributed by atoms with Crippen LogP contribution in [0.15, 0.2) is 182 Å². The summed E-state index contributed by atoms with van der Waals surface area (Å²) in [5, 5.41) is 7.56. The molecule has 2 heterocycles. The van der Waals surface area contributed by atoms with E-state index in [4.69, 9.17) is 0 Å². The van der Waals surface area contributed by atoms with Crippen LogP contribution < -0.4 is 0 Å². The van der Waals surface area contributed by atoms with Crippen molar-refractivity contribution < 1.29 is 0 Å². The highest BCUT2D eigenvalue weighted by Gasteiger charge is 2.19. The average Bonchev–Trinajstić information content (AvgIpc) is 3.65. The maximum atomic E-state index is 2.43. The summed E-state index contributed by atoms with van der Waals surface area (Å²) in [5.41, 5.74) is 12.1. The van der Waals surface area contributed by atoms with E-state index in [0.717, 1.165) is 11.4 Å². The molecule has 0 N–H and O–H groups in total. The second-order valence-corrected chi connectivity index (χ2v) is 12.6. The molecule has 0 unspecified atom stereocenters. The van der Waals surface area contributed by atoms with Crippen molar-refractivity contribution in [1.82, 2.24) is 9.13 Å². The van der Waals surface area contributed by atoms with Crippen molar-refractivity contribution in [3.05, 3.63) is 182 Å². The molecule has 0 saturated heterocycles. The van der Waals surface area contributed by atoms with E-state index in [2.05, 4.69) is 191 Å². The van der Waals surface area contributed by atoms with Crippen LogP contribution >= 0.6 is 0 Å². The summed E-state index contributed by atoms with van der Waals surface area (Å²) in [4.78, 5) is 0. The van der Waals surface area contributed by atoms with Gasteiger partial charge in [-0.05, 0) is 87.6 Å². The molecule has 0 aliphatic rings. The van der Waals surface area contributed by atoms with Crippen molar-refractivity contribution in [2.75, 3.05) is 0 Å². The third-order valence-electron chi connectivity index (χ3n) is 9.89. The van der Waals surface area contributed by atoms with Gasteiger partial charge in [0.1, 0.15) is 0 Å². The van der Waals surface area contributed by atoms with E-state index in [1.54, 1.807) is 0 Å². The first-order valence-corrected chi connectivity index (χ1v) is 16.5. The van der Waals surface area contributed by atoms with Crippen LogP contribution in [0.3, 0.4) is 0 Å². The molecule has 0 aliphatic heterocycles. The molecular formula is C46H30N2. The molecule has 0 aliphatic carbocycles. The predicted octanol–water partition coefficient (Wildman–Crippen LogP) is 12.4. The van der Waals surface area contributed by atoms with E-state index >= 15 is 0 Å². The number of fused-ring (bicyclic) bond motifs is 7. The van der Waals surface area contributed by atoms with E-state index in [1.165, 1.54) is 76.6 Å². The van der Waals surface area contributed by atoms with Crippen molar-refractivity contribution in [3.8, 4) is 33.6 Å². The molecule has 2 aromatic heterocycles. The second-order valence-electron chi connectivity index (χ2n) is 12.6. The van der Waals surface area contributed by atoms with Crippen molar-refractivity contribution in [2.45, 2.75) is 0 Å². The Balaban J connectivity index is 1.23. The van der Waals surface area contributed by atoms with Crippen LogP contribution in [0.5, 0.6) is 0 Å². The van der Waals surface area contributed by atoms with E-state index in [9.17, 15) is 0 Å². The number of hydrogen-bond acceptors (Lipinski definition) is 0. The molecule has 10 rings (SSSR count). The van der Waals surface area contributed by atoms with Crippen LogP contribution in [-0.4, -0.2) is 9.13 Å². The number of rotatable bonds is 4. The van der Waals surface area contributed by atoms with E-state index in [-0.39, 0.29) is 0 Å². The first kappa shape index (κ1) is 26.8. The van der Waals surface area contributed by atoms with Crippen LogP contribution in [0.1, 0.15) is 0 Å². The molecule has 0 saturated carbocycles. The van der Waals surface area contributed by atoms with Crippen molar-refractivity contribution >= 4 is 54.4 Å². The number of aromatic nitrogens is 2. The van der Waals surface area contributed by atoms with Gasteiger partial charge < -0.3 is 9.13 Å². The minimum absolute atomic E-state index is 1.15. The molecule has 0 amide bonds. The molecule has 224 valence electrons. The van der Waals surface area contributed by atoms with E-state index < -0.39 is 0 Å². The third-order valence-corrected chi connectivity index (χ3v) is 9.89. The Morgan fingerprint density at radius 3 is 1.48 bits per heavy atom. The lowest BCUT2D eigenvalue weighted by molar-refractivity contribution is 1.17. The van der Waals surface area contributed by atoms with Gasteiger partial charge in [-0.15, -0.1) is 0 Å². The highest BCUT2D eigenvalue weighted by molar-refractivity contribution is 6.20. The number of benzene rings is 8. The van der Waals surface area contributed by atoms with Crippen molar-refractivity contribution in [3.63, 3.8) is 0 Å². The number of para-hydroxylation sites is 2. The summed E-state index contributed by atoms with van der Waals surface area (Å²) in [6.45, 7) is 0. The van der Waals surface area contributed by atoms with Crippen LogP contribution in [0.25, 0.3) is 88.0 Å². The predicted molar refractivity (Wildman–Crippen MR) is 203 cm³/mol. The van der Waals surface area contributed by atoms with Gasteiger partial charge in [-0.25, -0.2) is 0 Å². The Morgan fingerprint density at radius 1 is 0.271 bits per heavy atom. The fourth-order valence-electron chi connectivity index (χ4n) is 7.69. The standard InChI is InChI=1S/C46H30N2/c1-3-13-31(14-4-1)37-19-9-10-20-38(37)32-23-25-36(26-24-32)47-43-22-12-11-21-39(43)41-29-42-40-27-33-15-7-8-16-34(33)28-44(40)48(46(42)30-45(41)47)35-17-5-2-6-18-35/h1-30H. The smallest absolute Gasteiger partial charge is 0.0562 e. The lowest BCUT2D eigenvalue weighted by Gasteiger charge is -2.13. The van der Waals surface area contributed by atoms with Crippen LogP contribution in [0.4, 0.5) is 0 Å². The molecule has 8 aromatic carbocycles. The zero-order valence-corrected chi connectivity index (χ0v) is 26.2. The van der Waals surface area contributed by atoms with Gasteiger partial charge in [-0.3, -0.25) is 0 Å². The van der Waals surface area contributed by atoms with E-state index in [0.29, 0.717) is 0 Å². The lowest BCUT2D eigenvalue weighted by atomic mass is 9.94. The average molecular weight is 611 g/mol. The molecule has 0 bridgehead atoms. The first-order valence-electron chi connectivity index (χ1n) is 16.5. The van der Waals surface area contributed by atoms with Gasteiger partial charge in [0.15, 0.2) is 0 Å². The maximum Gasteiger partial charge on any atom is 0.0562 e. The second kappa shape index (κ2) is 10.6. The lowest BCUT2D eigenvalue weighted by Crippen LogP contribution is -1.96. The fourth-order valence-corrected chi connectivity index (χ4v) is 7.69.